The maximum atomic E-state index is 12.5. The molecule has 28 heavy (non-hydrogen) atoms. The molecule has 7 nitrogen and oxygen atoms in total. The van der Waals surface area contributed by atoms with Crippen molar-refractivity contribution in [2.45, 2.75) is 31.3 Å². The fourth-order valence-corrected chi connectivity index (χ4v) is 5.09. The summed E-state index contributed by atoms with van der Waals surface area (Å²) in [7, 11) is -2.05. The van der Waals surface area contributed by atoms with E-state index in [-0.39, 0.29) is 16.2 Å². The number of hydrogen-bond donors (Lipinski definition) is 1. The van der Waals surface area contributed by atoms with Crippen molar-refractivity contribution in [2.24, 2.45) is 7.05 Å². The first kappa shape index (κ1) is 21.1. The van der Waals surface area contributed by atoms with Crippen molar-refractivity contribution in [3.05, 3.63) is 41.3 Å². The van der Waals surface area contributed by atoms with Crippen molar-refractivity contribution in [1.29, 1.82) is 0 Å². The molecule has 1 aliphatic heterocycles. The molecule has 0 bridgehead atoms. The van der Waals surface area contributed by atoms with Crippen LogP contribution in [0.2, 0.25) is 5.15 Å². The van der Waals surface area contributed by atoms with Crippen LogP contribution in [0.3, 0.4) is 0 Å². The van der Waals surface area contributed by atoms with Crippen LogP contribution in [0.25, 0.3) is 0 Å². The van der Waals surface area contributed by atoms with Gasteiger partial charge in [-0.05, 0) is 44.5 Å². The van der Waals surface area contributed by atoms with Gasteiger partial charge in [-0.1, -0.05) is 23.7 Å². The Morgan fingerprint density at radius 3 is 2.57 bits per heavy atom. The molecule has 9 heteroatoms. The number of rotatable bonds is 7. The summed E-state index contributed by atoms with van der Waals surface area (Å²) in [6.45, 7) is 8.73. The van der Waals surface area contributed by atoms with Crippen molar-refractivity contribution in [2.75, 3.05) is 37.6 Å². The van der Waals surface area contributed by atoms with Crippen LogP contribution in [0.1, 0.15) is 18.9 Å². The van der Waals surface area contributed by atoms with Crippen molar-refractivity contribution >= 4 is 27.3 Å². The highest BCUT2D eigenvalue weighted by Gasteiger charge is 2.25. The van der Waals surface area contributed by atoms with Gasteiger partial charge in [0.2, 0.25) is 5.03 Å². The minimum absolute atomic E-state index is 0.115. The van der Waals surface area contributed by atoms with Gasteiger partial charge >= 0.3 is 0 Å². The predicted molar refractivity (Wildman–Crippen MR) is 112 cm³/mol. The second kappa shape index (κ2) is 8.82. The topological polar surface area (TPSA) is 70.5 Å². The fourth-order valence-electron chi connectivity index (χ4n) is 3.38. The van der Waals surface area contributed by atoms with E-state index in [1.54, 1.807) is 7.05 Å². The highest BCUT2D eigenvalue weighted by Crippen LogP contribution is 2.20. The SMILES string of the molecule is Cc1cccc(N2CCN(CCC(C)NS(=O)(=O)c3ncn(C)c3Cl)CC2)c1. The third-order valence-electron chi connectivity index (χ3n) is 5.06. The largest absolute Gasteiger partial charge is 0.369 e. The molecule has 2 aromatic rings. The molecule has 1 unspecified atom stereocenters. The molecule has 3 rings (SSSR count). The highest BCUT2D eigenvalue weighted by molar-refractivity contribution is 7.89. The Morgan fingerprint density at radius 1 is 1.25 bits per heavy atom. The number of aromatic nitrogens is 2. The van der Waals surface area contributed by atoms with Crippen LogP contribution in [0.15, 0.2) is 35.6 Å². The van der Waals surface area contributed by atoms with Crippen LogP contribution in [0, 0.1) is 6.92 Å². The lowest BCUT2D eigenvalue weighted by atomic mass is 10.2. The summed E-state index contributed by atoms with van der Waals surface area (Å²) in [6.07, 6.45) is 2.13. The second-order valence-corrected chi connectivity index (χ2v) is 9.42. The van der Waals surface area contributed by atoms with E-state index in [4.69, 9.17) is 11.6 Å². The molecule has 0 amide bonds. The quantitative estimate of drug-likeness (QED) is 0.736. The van der Waals surface area contributed by atoms with E-state index < -0.39 is 10.0 Å². The van der Waals surface area contributed by atoms with Crippen molar-refractivity contribution in [3.63, 3.8) is 0 Å². The van der Waals surface area contributed by atoms with Gasteiger partial charge in [0.05, 0.1) is 6.33 Å². The number of halogens is 1. The molecule has 2 heterocycles. The van der Waals surface area contributed by atoms with Crippen LogP contribution < -0.4 is 9.62 Å². The predicted octanol–water partition coefficient (Wildman–Crippen LogP) is 2.26. The van der Waals surface area contributed by atoms with Gasteiger partial charge in [-0.15, -0.1) is 0 Å². The zero-order valence-corrected chi connectivity index (χ0v) is 18.2. The molecule has 1 aromatic carbocycles. The number of nitrogens with zero attached hydrogens (tertiary/aromatic N) is 4. The van der Waals surface area contributed by atoms with Crippen LogP contribution >= 0.6 is 11.6 Å². The van der Waals surface area contributed by atoms with E-state index in [0.717, 1.165) is 39.1 Å². The fraction of sp³-hybridized carbons (Fsp3) is 0.526. The molecule has 154 valence electrons. The molecular formula is C19H28ClN5O2S. The molecule has 0 radical (unpaired) electrons. The van der Waals surface area contributed by atoms with Crippen molar-refractivity contribution in [1.82, 2.24) is 19.2 Å². The summed E-state index contributed by atoms with van der Waals surface area (Å²) in [5.74, 6) is 0. The smallest absolute Gasteiger partial charge is 0.261 e. The number of nitrogens with one attached hydrogen (secondary N) is 1. The van der Waals surface area contributed by atoms with Crippen LogP contribution in [0.5, 0.6) is 0 Å². The summed E-state index contributed by atoms with van der Waals surface area (Å²) in [6, 6.07) is 8.38. The Balaban J connectivity index is 1.47. The van der Waals surface area contributed by atoms with Crippen LogP contribution in [-0.2, 0) is 17.1 Å². The Bertz CT molecular complexity index is 907. The molecule has 1 N–H and O–H groups in total. The summed E-state index contributed by atoms with van der Waals surface area (Å²) < 4.78 is 29.1. The summed E-state index contributed by atoms with van der Waals surface area (Å²) >= 11 is 6.02. The van der Waals surface area contributed by atoms with Crippen molar-refractivity contribution in [3.8, 4) is 0 Å². The lowest BCUT2D eigenvalue weighted by Gasteiger charge is -2.36. The van der Waals surface area contributed by atoms with E-state index in [1.807, 2.05) is 6.92 Å². The maximum absolute atomic E-state index is 12.5. The molecule has 1 saturated heterocycles. The van der Waals surface area contributed by atoms with E-state index in [9.17, 15) is 8.42 Å². The van der Waals surface area contributed by atoms with Crippen molar-refractivity contribution < 1.29 is 8.42 Å². The third kappa shape index (κ3) is 5.05. The molecule has 1 aromatic heterocycles. The van der Waals surface area contributed by atoms with Gasteiger partial charge in [0.25, 0.3) is 10.0 Å². The number of sulfonamides is 1. The third-order valence-corrected chi connectivity index (χ3v) is 7.14. The average molecular weight is 426 g/mol. The number of benzene rings is 1. The number of piperazine rings is 1. The molecule has 1 aliphatic rings. The van der Waals surface area contributed by atoms with E-state index in [2.05, 4.69) is 50.7 Å². The lowest BCUT2D eigenvalue weighted by molar-refractivity contribution is 0.248. The maximum Gasteiger partial charge on any atom is 0.261 e. The Morgan fingerprint density at radius 2 is 1.96 bits per heavy atom. The van der Waals surface area contributed by atoms with Gasteiger partial charge in [-0.25, -0.2) is 18.1 Å². The van der Waals surface area contributed by atoms with Crippen LogP contribution in [0.4, 0.5) is 5.69 Å². The van der Waals surface area contributed by atoms with Gasteiger partial charge in [-0.2, -0.15) is 0 Å². The molecule has 1 fully saturated rings. The molecule has 0 saturated carbocycles. The molecule has 1 atom stereocenters. The minimum atomic E-state index is -3.71. The average Bonchev–Trinajstić information content (AvgIpc) is 3.00. The second-order valence-electron chi connectivity index (χ2n) is 7.43. The van der Waals surface area contributed by atoms with Gasteiger partial charge in [-0.3, -0.25) is 4.90 Å². The van der Waals surface area contributed by atoms with Gasteiger partial charge < -0.3 is 9.47 Å². The zero-order chi connectivity index (χ0) is 20.3. The normalized spacial score (nSPS) is 17.1. The lowest BCUT2D eigenvalue weighted by Crippen LogP contribution is -2.47. The first-order chi connectivity index (χ1) is 13.3. The molecule has 0 spiro atoms. The molecule has 0 aliphatic carbocycles. The summed E-state index contributed by atoms with van der Waals surface area (Å²) in [5.41, 5.74) is 2.54. The van der Waals surface area contributed by atoms with Gasteiger partial charge in [0, 0.05) is 45.0 Å². The van der Waals surface area contributed by atoms with Gasteiger partial charge in [0.15, 0.2) is 0 Å². The number of aryl methyl sites for hydroxylation is 2. The Labute approximate surface area is 172 Å². The summed E-state index contributed by atoms with van der Waals surface area (Å²) in [5, 5.41) is 0.00209. The highest BCUT2D eigenvalue weighted by atomic mass is 35.5. The zero-order valence-electron chi connectivity index (χ0n) is 16.6. The number of anilines is 1. The first-order valence-corrected chi connectivity index (χ1v) is 11.4. The van der Waals surface area contributed by atoms with E-state index in [1.165, 1.54) is 22.1 Å². The summed E-state index contributed by atoms with van der Waals surface area (Å²) in [4.78, 5) is 8.68. The standard InChI is InChI=1S/C19H28ClN5O2S/c1-15-5-4-6-17(13-15)25-11-9-24(10-12-25)8-7-16(2)22-28(26,27)19-18(20)23(3)14-21-19/h4-6,13-14,16,22H,7-12H2,1-3H3. The monoisotopic (exact) mass is 425 g/mol. The Kier molecular flexibility index (Phi) is 6.65. The minimum Gasteiger partial charge on any atom is -0.369 e. The number of imidazole rings is 1. The van der Waals surface area contributed by atoms with E-state index in [0.29, 0.717) is 0 Å². The first-order valence-electron chi connectivity index (χ1n) is 9.49. The van der Waals surface area contributed by atoms with Crippen LogP contribution in [-0.4, -0.2) is 61.6 Å². The van der Waals surface area contributed by atoms with Gasteiger partial charge in [0.1, 0.15) is 5.15 Å². The molecular weight excluding hydrogens is 398 g/mol. The Hall–Kier alpha value is -1.61. The number of hydrogen-bond acceptors (Lipinski definition) is 5. The van der Waals surface area contributed by atoms with E-state index >= 15 is 0 Å².